The molecule has 4 N–H and O–H groups in total. The summed E-state index contributed by atoms with van der Waals surface area (Å²) in [4.78, 5) is 138. The van der Waals surface area contributed by atoms with Crippen LogP contribution in [0.25, 0.3) is 33.4 Å². The molecule has 6 amide bonds. The van der Waals surface area contributed by atoms with Crippen molar-refractivity contribution in [1.82, 2.24) is 79.7 Å². The first-order valence-corrected chi connectivity index (χ1v) is 28.6. The molecule has 0 spiro atoms. The van der Waals surface area contributed by atoms with Crippen molar-refractivity contribution in [2.45, 2.75) is 13.1 Å². The number of carbonyl (C=O) groups excluding carboxylic acids is 8. The zero-order valence-electron chi connectivity index (χ0n) is 42.1. The van der Waals surface area contributed by atoms with E-state index in [0.29, 0.717) is 32.9 Å². The van der Waals surface area contributed by atoms with Crippen LogP contribution in [-0.4, -0.2) is 184 Å². The molecule has 2 aliphatic rings. The van der Waals surface area contributed by atoms with Crippen LogP contribution in [0.3, 0.4) is 0 Å². The van der Waals surface area contributed by atoms with Gasteiger partial charge >= 0.3 is 277 Å². The van der Waals surface area contributed by atoms with Crippen LogP contribution in [0.1, 0.15) is 53.1 Å². The number of hydrogen-bond donors (Lipinski definition) is 4. The number of benzene rings is 2. The summed E-state index contributed by atoms with van der Waals surface area (Å²) in [5.41, 5.74) is 1.86. The van der Waals surface area contributed by atoms with Crippen LogP contribution in [0, 0.1) is 0 Å². The van der Waals surface area contributed by atoms with Gasteiger partial charge in [0.15, 0.2) is 0 Å². The van der Waals surface area contributed by atoms with Crippen molar-refractivity contribution in [3.8, 4) is 23.1 Å². The van der Waals surface area contributed by atoms with Crippen LogP contribution in [-0.2, 0) is 22.7 Å². The van der Waals surface area contributed by atoms with E-state index in [4.69, 9.17) is 9.47 Å². The molecule has 10 rings (SSSR count). The van der Waals surface area contributed by atoms with Crippen LogP contribution < -0.4 is 20.1 Å². The van der Waals surface area contributed by atoms with Crippen LogP contribution in [0.2, 0.25) is 0 Å². The fourth-order valence-electron chi connectivity index (χ4n) is 9.03. The number of Topliss-reactive ketones (excluding diaryl/α,β-unsaturated/α-hetero) is 2. The number of nitrogens with zero attached hydrogens (tertiary/aromatic N) is 12. The van der Waals surface area contributed by atoms with Crippen molar-refractivity contribution in [3.05, 3.63) is 132 Å². The number of pyridine rings is 2. The third-order valence-corrected chi connectivity index (χ3v) is 16.9. The molecule has 2 saturated heterocycles. The molecule has 0 radical (unpaired) electrons. The molecule has 78 heavy (non-hydrogen) atoms. The van der Waals surface area contributed by atoms with Crippen molar-refractivity contribution in [1.29, 1.82) is 0 Å². The number of aromatic nitrogens is 10. The van der Waals surface area contributed by atoms with Crippen molar-refractivity contribution in [2.75, 3.05) is 71.5 Å². The van der Waals surface area contributed by atoms with Gasteiger partial charge < -0.3 is 19.6 Å². The van der Waals surface area contributed by atoms with Crippen molar-refractivity contribution in [2.24, 2.45) is 0 Å². The second-order valence-electron chi connectivity index (χ2n) is 17.7. The average molecular weight is 1170 g/mol. The molecule has 0 unspecified atom stereocenters. The fourth-order valence-corrected chi connectivity index (χ4v) is 11.0. The Morgan fingerprint density at radius 1 is 0.538 bits per heavy atom. The summed E-state index contributed by atoms with van der Waals surface area (Å²) in [5.74, 6) is -2.02. The predicted octanol–water partition coefficient (Wildman–Crippen LogP) is 3.21. The Kier molecular flexibility index (Phi) is 15.0. The second kappa shape index (κ2) is 22.4. The molecule has 0 atom stereocenters. The number of H-pyrrole nitrogens is 2. The van der Waals surface area contributed by atoms with Gasteiger partial charge in [0.2, 0.25) is 0 Å². The molecule has 8 aromatic rings. The molecule has 0 aliphatic carbocycles. The molecule has 6 aromatic heterocycles. The summed E-state index contributed by atoms with van der Waals surface area (Å²) in [6.45, 7) is 1.51. The van der Waals surface area contributed by atoms with E-state index in [1.807, 2.05) is 12.1 Å². The zero-order valence-corrected chi connectivity index (χ0v) is 44.3. The minimum atomic E-state index is -3.02. The number of ether oxygens (including phenoxy) is 2. The topological polar surface area (TPSA) is 311 Å². The number of rotatable bonds is 16. The standard InChI is InChI=1S/C51H49IN16O10/c1-52(50(75)57-26-36-59-28-67(61-36)44-40-38(34(77-2)24-55-44)32(22-53-40)42(69)48(73)65-18-14-63(15-19-65)46(71)30-10-6-4-7-11-30)51(76)58-27-37-60-29-68(62-37)45-41-39(35(78-3)25-56-45)33(23-54-41)43(70)49(74)66-20-16-64(17-21-66)47(72)31-12-8-5-9-13-31/h4-13,22-25,28-29,53-54H,14-21,26-27H2,1-3H3,(H,57,75)(H,58,76). The van der Waals surface area contributed by atoms with Crippen molar-refractivity contribution >= 4 is 84.6 Å². The fraction of sp³-hybridized carbons (Fsp3) is 0.255. The molecule has 0 bridgehead atoms. The van der Waals surface area contributed by atoms with E-state index in [9.17, 15) is 38.4 Å². The summed E-state index contributed by atoms with van der Waals surface area (Å²) in [6.07, 6.45) is 8.32. The number of alkyl halides is 1. The summed E-state index contributed by atoms with van der Waals surface area (Å²) in [7, 11) is 2.82. The Morgan fingerprint density at radius 3 is 1.28 bits per heavy atom. The molecule has 400 valence electrons. The first kappa shape index (κ1) is 52.0. The van der Waals surface area contributed by atoms with Crippen LogP contribution in [0.5, 0.6) is 11.5 Å². The third kappa shape index (κ3) is 10.3. The number of aromatic amines is 2. The van der Waals surface area contributed by atoms with Gasteiger partial charge in [-0.2, -0.15) is 0 Å². The minimum absolute atomic E-state index is 0.0568. The molecule has 2 aliphatic heterocycles. The van der Waals surface area contributed by atoms with Gasteiger partial charge in [-0.25, -0.2) is 0 Å². The molecule has 8 heterocycles. The first-order chi connectivity index (χ1) is 37.8. The second-order valence-corrected chi connectivity index (χ2v) is 22.4. The summed E-state index contributed by atoms with van der Waals surface area (Å²) in [5, 5.41) is 15.0. The number of nitrogens with one attached hydrogen (secondary N) is 4. The van der Waals surface area contributed by atoms with E-state index in [1.165, 1.54) is 70.8 Å². The number of amides is 6. The van der Waals surface area contributed by atoms with Gasteiger partial charge in [0, 0.05) is 63.5 Å². The van der Waals surface area contributed by atoms with E-state index in [0.717, 1.165) is 0 Å². The first-order valence-electron chi connectivity index (χ1n) is 24.2. The van der Waals surface area contributed by atoms with Crippen LogP contribution in [0.15, 0.2) is 98.1 Å². The number of ketones is 2. The number of fused-ring (bicyclic) bond motifs is 2. The van der Waals surface area contributed by atoms with Gasteiger partial charge in [0.05, 0.1) is 0 Å². The summed E-state index contributed by atoms with van der Waals surface area (Å²) >= 11 is -3.02. The number of piperazine rings is 2. The molecular formula is C51H49IN16O10. The SMILES string of the molecule is COc1cnc(-n2cnc(CNC(=O)I(C)C(=O)NCc3ncn(-c4ncc(OC)c5c(C(=O)C(=O)N6CCN(C(=O)c7ccccc7)CC6)c[nH]c45)n3)n2)c2[nH]cc(C(=O)C(=O)N3CCN(C(=O)c4ccccc4)CC3)c12. The summed E-state index contributed by atoms with van der Waals surface area (Å²) < 4.78 is 12.8. The molecule has 0 saturated carbocycles. The predicted molar refractivity (Wildman–Crippen MR) is 286 cm³/mol. The van der Waals surface area contributed by atoms with E-state index in [1.54, 1.807) is 63.3 Å². The van der Waals surface area contributed by atoms with E-state index < -0.39 is 51.0 Å². The van der Waals surface area contributed by atoms with Gasteiger partial charge in [-0.1, -0.05) is 36.4 Å². The maximum atomic E-state index is 13.8. The third-order valence-electron chi connectivity index (χ3n) is 13.2. The zero-order chi connectivity index (χ0) is 54.6. The average Bonchev–Trinajstić information content (AvgIpc) is 4.42. The Morgan fingerprint density at radius 2 is 0.910 bits per heavy atom. The van der Waals surface area contributed by atoms with Crippen LogP contribution in [0.4, 0.5) is 9.59 Å². The van der Waals surface area contributed by atoms with Gasteiger partial charge in [0.25, 0.3) is 11.8 Å². The van der Waals surface area contributed by atoms with Crippen molar-refractivity contribution < 1.29 is 47.8 Å². The number of halogens is 1. The van der Waals surface area contributed by atoms with Crippen LogP contribution >= 0.6 is 19.8 Å². The number of hydrogen-bond acceptors (Lipinski definition) is 16. The Hall–Kier alpha value is -9.41. The monoisotopic (exact) mass is 1170 g/mol. The van der Waals surface area contributed by atoms with E-state index in [2.05, 4.69) is 50.7 Å². The van der Waals surface area contributed by atoms with E-state index >= 15 is 0 Å². The normalized spacial score (nSPS) is 13.8. The summed E-state index contributed by atoms with van der Waals surface area (Å²) in [6, 6.07) is 17.7. The van der Waals surface area contributed by atoms with Gasteiger partial charge in [-0.15, -0.1) is 0 Å². The Labute approximate surface area is 449 Å². The molecule has 2 fully saturated rings. The quantitative estimate of drug-likeness (QED) is 0.0270. The van der Waals surface area contributed by atoms with Crippen molar-refractivity contribution in [3.63, 3.8) is 0 Å². The van der Waals surface area contributed by atoms with Gasteiger partial charge in [-0.05, 0) is 24.3 Å². The molecule has 27 heteroatoms. The molecule has 2 aromatic carbocycles. The number of carbonyl (C=O) groups is 8. The Balaban J connectivity index is 0.729. The maximum absolute atomic E-state index is 13.8. The number of methoxy groups -OCH3 is 2. The van der Waals surface area contributed by atoms with Gasteiger partial charge in [0.1, 0.15) is 0 Å². The van der Waals surface area contributed by atoms with Gasteiger partial charge in [-0.3, -0.25) is 19.2 Å². The molecule has 26 nitrogen and oxygen atoms in total. The van der Waals surface area contributed by atoms with E-state index in [-0.39, 0.29) is 123 Å². The Bertz CT molecular complexity index is 3400. The molecular weight excluding hydrogens is 1120 g/mol.